The van der Waals surface area contributed by atoms with Crippen LogP contribution in [0.1, 0.15) is 18.6 Å². The third kappa shape index (κ3) is 3.83. The lowest BCUT2D eigenvalue weighted by atomic mass is 10.4. The van der Waals surface area contributed by atoms with E-state index in [0.717, 1.165) is 11.8 Å². The summed E-state index contributed by atoms with van der Waals surface area (Å²) in [5, 5.41) is 16.9. The molecule has 19 heavy (non-hydrogen) atoms. The van der Waals surface area contributed by atoms with Gasteiger partial charge in [0.15, 0.2) is 3.77 Å². The zero-order valence-electron chi connectivity index (χ0n) is 9.79. The van der Waals surface area contributed by atoms with Gasteiger partial charge in [-0.05, 0) is 46.5 Å². The first kappa shape index (κ1) is 14.1. The molecule has 1 N–H and O–H groups in total. The predicted molar refractivity (Wildman–Crippen MR) is 76.6 cm³/mol. The summed E-state index contributed by atoms with van der Waals surface area (Å²) in [5.41, 5.74) is 0. The molecule has 0 saturated heterocycles. The van der Waals surface area contributed by atoms with Crippen LogP contribution in [0.2, 0.25) is 0 Å². The van der Waals surface area contributed by atoms with E-state index < -0.39 is 5.97 Å². The van der Waals surface area contributed by atoms with E-state index in [4.69, 9.17) is 13.9 Å². The molecule has 2 aromatic heterocycles. The molecule has 0 unspecified atom stereocenters. The first-order valence-electron chi connectivity index (χ1n) is 5.29. The minimum absolute atomic E-state index is 0.0528. The quantitative estimate of drug-likeness (QED) is 0.475. The summed E-state index contributed by atoms with van der Waals surface area (Å²) in [4.78, 5) is 11.2. The number of carboxylic acid groups (broad SMARTS) is 1. The summed E-state index contributed by atoms with van der Waals surface area (Å²) in [5.74, 6) is -0.142. The minimum Gasteiger partial charge on any atom is -0.477 e. The van der Waals surface area contributed by atoms with Gasteiger partial charge in [0, 0.05) is 12.5 Å². The number of rotatable bonds is 5. The highest BCUT2D eigenvalue weighted by molar-refractivity contribution is 14.1. The van der Waals surface area contributed by atoms with Crippen LogP contribution < -0.4 is 0 Å². The highest BCUT2D eigenvalue weighted by atomic mass is 127. The number of aromatic nitrogens is 2. The van der Waals surface area contributed by atoms with Gasteiger partial charge >= 0.3 is 5.97 Å². The van der Waals surface area contributed by atoms with Gasteiger partial charge in [-0.2, -0.15) is 0 Å². The normalized spacial score (nSPS) is 11.8. The topological polar surface area (TPSA) is 89.4 Å². The Morgan fingerprint density at radius 1 is 1.47 bits per heavy atom. The molecule has 0 fully saturated rings. The average molecular weight is 392 g/mol. The van der Waals surface area contributed by atoms with Crippen LogP contribution in [-0.4, -0.2) is 21.3 Å². The fourth-order valence-corrected chi connectivity index (χ4v) is 2.29. The highest BCUT2D eigenvalue weighted by Gasteiger charge is 2.15. The van der Waals surface area contributed by atoms with E-state index in [-0.39, 0.29) is 10.1 Å². The molecule has 0 aliphatic rings. The summed E-state index contributed by atoms with van der Waals surface area (Å²) >= 11 is 2.90. The van der Waals surface area contributed by atoms with E-state index in [1.54, 1.807) is 12.1 Å². The second kappa shape index (κ2) is 6.24. The maximum atomic E-state index is 11.2. The van der Waals surface area contributed by atoms with Gasteiger partial charge in [0.25, 0.3) is 5.22 Å². The molecule has 0 saturated carbocycles. The molecular formula is C11H9IN2O4S. The van der Waals surface area contributed by atoms with E-state index in [9.17, 15) is 4.79 Å². The molecule has 0 amide bonds. The van der Waals surface area contributed by atoms with Crippen LogP contribution in [-0.2, 0) is 11.2 Å². The smallest absolute Gasteiger partial charge is 0.342 e. The Hall–Kier alpha value is -1.29. The molecule has 0 aliphatic carbocycles. The van der Waals surface area contributed by atoms with Gasteiger partial charge in [-0.3, -0.25) is 0 Å². The van der Waals surface area contributed by atoms with Crippen LogP contribution in [0.15, 0.2) is 31.1 Å². The van der Waals surface area contributed by atoms with E-state index in [0.29, 0.717) is 21.8 Å². The number of carbonyl (C=O) groups is 1. The zero-order chi connectivity index (χ0) is 13.8. The third-order valence-corrected chi connectivity index (χ3v) is 3.46. The Kier molecular flexibility index (Phi) is 4.64. The number of hydrogen-bond donors (Lipinski definition) is 1. The van der Waals surface area contributed by atoms with Gasteiger partial charge in [-0.25, -0.2) is 4.79 Å². The molecule has 2 rings (SSSR count). The molecule has 0 spiro atoms. The maximum Gasteiger partial charge on any atom is 0.342 e. The van der Waals surface area contributed by atoms with Gasteiger partial charge in [-0.1, -0.05) is 6.92 Å². The summed E-state index contributed by atoms with van der Waals surface area (Å²) in [6.07, 6.45) is 2.03. The van der Waals surface area contributed by atoms with Crippen molar-refractivity contribution in [3.63, 3.8) is 0 Å². The number of furan rings is 1. The molecule has 0 radical (unpaired) electrons. The first-order valence-corrected chi connectivity index (χ1v) is 7.18. The van der Waals surface area contributed by atoms with Crippen molar-refractivity contribution in [1.82, 2.24) is 10.2 Å². The van der Waals surface area contributed by atoms with Crippen LogP contribution >= 0.6 is 34.4 Å². The molecule has 0 aromatic carbocycles. The Morgan fingerprint density at radius 3 is 2.79 bits per heavy atom. The summed E-state index contributed by atoms with van der Waals surface area (Å²) < 4.78 is 11.2. The van der Waals surface area contributed by atoms with Gasteiger partial charge in [0.1, 0.15) is 10.7 Å². The monoisotopic (exact) mass is 392 g/mol. The lowest BCUT2D eigenvalue weighted by Gasteiger charge is -1.96. The van der Waals surface area contributed by atoms with E-state index in [1.165, 1.54) is 6.08 Å². The highest BCUT2D eigenvalue weighted by Crippen LogP contribution is 2.28. The SMILES string of the molecule is CCc1nnc(S/C(=C\c2ccc(I)o2)C(=O)O)o1. The van der Waals surface area contributed by atoms with Crippen molar-refractivity contribution in [3.8, 4) is 0 Å². The number of halogens is 1. The average Bonchev–Trinajstić information content (AvgIpc) is 2.97. The Morgan fingerprint density at radius 2 is 2.26 bits per heavy atom. The van der Waals surface area contributed by atoms with Crippen LogP contribution in [0.25, 0.3) is 6.08 Å². The maximum absolute atomic E-state index is 11.2. The third-order valence-electron chi connectivity index (χ3n) is 2.03. The number of aliphatic carboxylic acids is 1. The van der Waals surface area contributed by atoms with Crippen LogP contribution in [0, 0.1) is 3.77 Å². The second-order valence-electron chi connectivity index (χ2n) is 3.37. The summed E-state index contributed by atoms with van der Waals surface area (Å²) in [7, 11) is 0. The predicted octanol–water partition coefficient (Wildman–Crippen LogP) is 3.05. The van der Waals surface area contributed by atoms with Crippen molar-refractivity contribution in [2.45, 2.75) is 18.6 Å². The van der Waals surface area contributed by atoms with Crippen molar-refractivity contribution >= 4 is 46.4 Å². The largest absolute Gasteiger partial charge is 0.477 e. The van der Waals surface area contributed by atoms with E-state index in [1.807, 2.05) is 29.5 Å². The van der Waals surface area contributed by atoms with E-state index in [2.05, 4.69) is 10.2 Å². The molecule has 100 valence electrons. The van der Waals surface area contributed by atoms with Gasteiger partial charge < -0.3 is 13.9 Å². The molecule has 2 heterocycles. The fourth-order valence-electron chi connectivity index (χ4n) is 1.19. The van der Waals surface area contributed by atoms with Crippen molar-refractivity contribution in [2.24, 2.45) is 0 Å². The molecule has 0 atom stereocenters. The van der Waals surface area contributed by atoms with Crippen molar-refractivity contribution in [2.75, 3.05) is 0 Å². The fraction of sp³-hybridized carbons (Fsp3) is 0.182. The molecular weight excluding hydrogens is 383 g/mol. The van der Waals surface area contributed by atoms with E-state index >= 15 is 0 Å². The second-order valence-corrected chi connectivity index (χ2v) is 5.43. The molecule has 8 heteroatoms. The van der Waals surface area contributed by atoms with Gasteiger partial charge in [-0.15, -0.1) is 10.2 Å². The Bertz CT molecular complexity index is 620. The van der Waals surface area contributed by atoms with Gasteiger partial charge in [0.05, 0.1) is 0 Å². The molecule has 6 nitrogen and oxygen atoms in total. The molecule has 2 aromatic rings. The van der Waals surface area contributed by atoms with Crippen molar-refractivity contribution in [1.29, 1.82) is 0 Å². The molecule has 0 bridgehead atoms. The Balaban J connectivity index is 2.21. The van der Waals surface area contributed by atoms with Crippen LogP contribution in [0.4, 0.5) is 0 Å². The standard InChI is InChI=1S/C11H9IN2O4S/c1-2-9-13-14-11(18-9)19-7(10(15)16)5-6-3-4-8(12)17-6/h3-5H,2H2,1H3,(H,15,16)/b7-5-. The lowest BCUT2D eigenvalue weighted by Crippen LogP contribution is -1.96. The zero-order valence-corrected chi connectivity index (χ0v) is 12.8. The number of carboxylic acids is 1. The summed E-state index contributed by atoms with van der Waals surface area (Å²) in [6, 6.07) is 3.44. The number of hydrogen-bond acceptors (Lipinski definition) is 6. The summed E-state index contributed by atoms with van der Waals surface area (Å²) in [6.45, 7) is 1.88. The number of nitrogens with zero attached hydrogens (tertiary/aromatic N) is 2. The molecule has 0 aliphatic heterocycles. The van der Waals surface area contributed by atoms with Crippen molar-refractivity contribution in [3.05, 3.63) is 32.5 Å². The Labute approximate surface area is 126 Å². The van der Waals surface area contributed by atoms with Crippen LogP contribution in [0.5, 0.6) is 0 Å². The minimum atomic E-state index is -1.08. The number of thioether (sulfide) groups is 1. The number of aryl methyl sites for hydroxylation is 1. The van der Waals surface area contributed by atoms with Crippen LogP contribution in [0.3, 0.4) is 0 Å². The lowest BCUT2D eigenvalue weighted by molar-refractivity contribution is -0.131. The van der Waals surface area contributed by atoms with Gasteiger partial charge in [0.2, 0.25) is 5.89 Å². The van der Waals surface area contributed by atoms with Crippen molar-refractivity contribution < 1.29 is 18.7 Å². The first-order chi connectivity index (χ1) is 9.08.